The average molecular weight is 260 g/mol. The summed E-state index contributed by atoms with van der Waals surface area (Å²) in [4.78, 5) is 0. The molecule has 2 N–H and O–H groups in total. The van der Waals surface area contributed by atoms with Crippen LogP contribution in [0.2, 0.25) is 5.02 Å². The Morgan fingerprint density at radius 1 is 1.06 bits per heavy atom. The molecule has 2 aromatic rings. The van der Waals surface area contributed by atoms with Gasteiger partial charge >= 0.3 is 0 Å². The molecule has 18 heavy (non-hydrogen) atoms. The van der Waals surface area contributed by atoms with Crippen LogP contribution in [0.15, 0.2) is 42.5 Å². The van der Waals surface area contributed by atoms with E-state index in [9.17, 15) is 0 Å². The van der Waals surface area contributed by atoms with E-state index in [0.717, 1.165) is 29.0 Å². The van der Waals surface area contributed by atoms with Crippen LogP contribution in [0, 0.1) is 0 Å². The van der Waals surface area contributed by atoms with Gasteiger partial charge in [-0.2, -0.15) is 0 Å². The number of halogens is 1. The van der Waals surface area contributed by atoms with E-state index in [1.54, 1.807) is 0 Å². The lowest BCUT2D eigenvalue weighted by Crippen LogP contribution is -1.97. The summed E-state index contributed by atoms with van der Waals surface area (Å²) in [5, 5.41) is 0.746. The Labute approximate surface area is 114 Å². The van der Waals surface area contributed by atoms with Gasteiger partial charge in [-0.1, -0.05) is 61.3 Å². The van der Waals surface area contributed by atoms with Crippen LogP contribution >= 0.6 is 11.6 Å². The Balaban J connectivity index is 2.36. The van der Waals surface area contributed by atoms with Gasteiger partial charge in [0.15, 0.2) is 0 Å². The smallest absolute Gasteiger partial charge is 0.0457 e. The van der Waals surface area contributed by atoms with Crippen LogP contribution in [0.3, 0.4) is 0 Å². The largest absolute Gasteiger partial charge is 0.326 e. The first kappa shape index (κ1) is 13.1. The maximum absolute atomic E-state index is 6.20. The summed E-state index contributed by atoms with van der Waals surface area (Å²) < 4.78 is 0. The predicted molar refractivity (Wildman–Crippen MR) is 78.8 cm³/mol. The minimum Gasteiger partial charge on any atom is -0.326 e. The van der Waals surface area contributed by atoms with E-state index in [1.165, 1.54) is 11.1 Å². The number of nitrogens with two attached hydrogens (primary N) is 1. The minimum absolute atomic E-state index is 0.481. The summed E-state index contributed by atoms with van der Waals surface area (Å²) >= 11 is 6.20. The SMILES string of the molecule is CCCc1cccc(-c2ccc(CN)c(Cl)c2)c1. The van der Waals surface area contributed by atoms with Gasteiger partial charge in [-0.15, -0.1) is 0 Å². The summed E-state index contributed by atoms with van der Waals surface area (Å²) in [6, 6.07) is 14.7. The highest BCUT2D eigenvalue weighted by Crippen LogP contribution is 2.26. The Kier molecular flexibility index (Phi) is 4.40. The van der Waals surface area contributed by atoms with Gasteiger partial charge in [-0.25, -0.2) is 0 Å². The number of benzene rings is 2. The number of rotatable bonds is 4. The molecule has 0 aliphatic heterocycles. The molecule has 0 spiro atoms. The second-order valence-electron chi connectivity index (χ2n) is 4.46. The molecule has 0 saturated carbocycles. The normalized spacial score (nSPS) is 10.6. The Bertz CT molecular complexity index is 534. The first-order chi connectivity index (χ1) is 8.74. The molecule has 0 aromatic heterocycles. The molecule has 0 aliphatic carbocycles. The molecule has 1 nitrogen and oxygen atoms in total. The van der Waals surface area contributed by atoms with Crippen LogP contribution < -0.4 is 5.73 Å². The molecular weight excluding hydrogens is 242 g/mol. The third-order valence-corrected chi connectivity index (χ3v) is 3.42. The van der Waals surface area contributed by atoms with E-state index in [0.29, 0.717) is 6.54 Å². The monoisotopic (exact) mass is 259 g/mol. The highest BCUT2D eigenvalue weighted by molar-refractivity contribution is 6.31. The summed E-state index contributed by atoms with van der Waals surface area (Å²) in [5.74, 6) is 0. The Morgan fingerprint density at radius 2 is 1.83 bits per heavy atom. The van der Waals surface area contributed by atoms with Gasteiger partial charge in [0.05, 0.1) is 0 Å². The molecule has 0 fully saturated rings. The van der Waals surface area contributed by atoms with Crippen molar-refractivity contribution in [1.29, 1.82) is 0 Å². The molecule has 0 unspecified atom stereocenters. The second-order valence-corrected chi connectivity index (χ2v) is 4.87. The van der Waals surface area contributed by atoms with E-state index in [2.05, 4.69) is 37.3 Å². The fraction of sp³-hybridized carbons (Fsp3) is 0.250. The lowest BCUT2D eigenvalue weighted by atomic mass is 10.00. The van der Waals surface area contributed by atoms with E-state index < -0.39 is 0 Å². The average Bonchev–Trinajstić information content (AvgIpc) is 2.39. The summed E-state index contributed by atoms with van der Waals surface area (Å²) in [7, 11) is 0. The Hall–Kier alpha value is -1.31. The number of hydrogen-bond acceptors (Lipinski definition) is 1. The standard InChI is InChI=1S/C16H18ClN/c1-2-4-12-5-3-6-13(9-12)14-7-8-15(11-18)16(17)10-14/h3,5-10H,2,4,11,18H2,1H3. The quantitative estimate of drug-likeness (QED) is 0.864. The molecular formula is C16H18ClN. The number of aryl methyl sites for hydroxylation is 1. The molecule has 0 bridgehead atoms. The van der Waals surface area contributed by atoms with Gasteiger partial charge in [0, 0.05) is 11.6 Å². The van der Waals surface area contributed by atoms with Crippen molar-refractivity contribution in [2.24, 2.45) is 5.73 Å². The third-order valence-electron chi connectivity index (χ3n) is 3.07. The molecule has 2 aromatic carbocycles. The van der Waals surface area contributed by atoms with Crippen LogP contribution in [-0.4, -0.2) is 0 Å². The zero-order valence-electron chi connectivity index (χ0n) is 10.6. The molecule has 0 radical (unpaired) electrons. The van der Waals surface area contributed by atoms with E-state index in [-0.39, 0.29) is 0 Å². The first-order valence-electron chi connectivity index (χ1n) is 6.32. The van der Waals surface area contributed by atoms with Crippen molar-refractivity contribution >= 4 is 11.6 Å². The van der Waals surface area contributed by atoms with Crippen LogP contribution in [-0.2, 0) is 13.0 Å². The topological polar surface area (TPSA) is 26.0 Å². The van der Waals surface area contributed by atoms with Gasteiger partial charge in [0.25, 0.3) is 0 Å². The van der Waals surface area contributed by atoms with Gasteiger partial charge in [0.1, 0.15) is 0 Å². The van der Waals surface area contributed by atoms with Crippen molar-refractivity contribution in [2.75, 3.05) is 0 Å². The van der Waals surface area contributed by atoms with Crippen molar-refractivity contribution in [3.8, 4) is 11.1 Å². The van der Waals surface area contributed by atoms with Crippen LogP contribution in [0.5, 0.6) is 0 Å². The molecule has 0 aliphatic rings. The lowest BCUT2D eigenvalue weighted by molar-refractivity contribution is 0.922. The fourth-order valence-electron chi connectivity index (χ4n) is 2.09. The van der Waals surface area contributed by atoms with Crippen LogP contribution in [0.4, 0.5) is 0 Å². The van der Waals surface area contributed by atoms with Crippen molar-refractivity contribution in [2.45, 2.75) is 26.3 Å². The number of hydrogen-bond donors (Lipinski definition) is 1. The molecule has 0 heterocycles. The van der Waals surface area contributed by atoms with Crippen molar-refractivity contribution in [1.82, 2.24) is 0 Å². The van der Waals surface area contributed by atoms with E-state index >= 15 is 0 Å². The maximum atomic E-state index is 6.20. The third kappa shape index (κ3) is 2.92. The molecule has 0 saturated heterocycles. The highest BCUT2D eigenvalue weighted by Gasteiger charge is 2.03. The molecule has 2 rings (SSSR count). The van der Waals surface area contributed by atoms with Gasteiger partial charge < -0.3 is 5.73 Å². The summed E-state index contributed by atoms with van der Waals surface area (Å²) in [6.07, 6.45) is 2.28. The fourth-order valence-corrected chi connectivity index (χ4v) is 2.35. The molecule has 2 heteroatoms. The zero-order chi connectivity index (χ0) is 13.0. The van der Waals surface area contributed by atoms with Crippen LogP contribution in [0.1, 0.15) is 24.5 Å². The van der Waals surface area contributed by atoms with Gasteiger partial charge in [0.2, 0.25) is 0 Å². The lowest BCUT2D eigenvalue weighted by Gasteiger charge is -2.07. The molecule has 94 valence electrons. The minimum atomic E-state index is 0.481. The van der Waals surface area contributed by atoms with Crippen molar-refractivity contribution < 1.29 is 0 Å². The maximum Gasteiger partial charge on any atom is 0.0457 e. The predicted octanol–water partition coefficient (Wildman–Crippen LogP) is 4.42. The van der Waals surface area contributed by atoms with Crippen molar-refractivity contribution in [3.63, 3.8) is 0 Å². The van der Waals surface area contributed by atoms with Gasteiger partial charge in [-0.3, -0.25) is 0 Å². The van der Waals surface area contributed by atoms with Crippen molar-refractivity contribution in [3.05, 3.63) is 58.6 Å². The second kappa shape index (κ2) is 6.03. The Morgan fingerprint density at radius 3 is 2.50 bits per heavy atom. The molecule has 0 atom stereocenters. The van der Waals surface area contributed by atoms with Gasteiger partial charge in [-0.05, 0) is 34.7 Å². The zero-order valence-corrected chi connectivity index (χ0v) is 11.4. The van der Waals surface area contributed by atoms with Crippen LogP contribution in [0.25, 0.3) is 11.1 Å². The van der Waals surface area contributed by atoms with E-state index in [1.807, 2.05) is 12.1 Å². The highest BCUT2D eigenvalue weighted by atomic mass is 35.5. The summed E-state index contributed by atoms with van der Waals surface area (Å²) in [6.45, 7) is 2.68. The first-order valence-corrected chi connectivity index (χ1v) is 6.70. The van der Waals surface area contributed by atoms with E-state index in [4.69, 9.17) is 17.3 Å². The molecule has 0 amide bonds. The summed E-state index contributed by atoms with van der Waals surface area (Å²) in [5.41, 5.74) is 10.3.